The van der Waals surface area contributed by atoms with Crippen LogP contribution in [0.3, 0.4) is 0 Å². The van der Waals surface area contributed by atoms with Gasteiger partial charge in [0.2, 0.25) is 5.88 Å². The number of amides is 1. The van der Waals surface area contributed by atoms with Gasteiger partial charge in [0.05, 0.1) is 23.7 Å². The molecule has 192 valence electrons. The van der Waals surface area contributed by atoms with E-state index in [-0.39, 0.29) is 28.8 Å². The Morgan fingerprint density at radius 1 is 1.05 bits per heavy atom. The lowest BCUT2D eigenvalue weighted by atomic mass is 9.79. The SMILES string of the molecule is COc1ncccc1-c1ccc(O)c(-c2nc3ccc(C(=O)NC4CC(C)(C)NC(C)(C)C4)cc3[nH]2)c1. The summed E-state index contributed by atoms with van der Waals surface area (Å²) < 4.78 is 5.40. The number of aromatic hydroxyl groups is 1. The second kappa shape index (κ2) is 9.19. The van der Waals surface area contributed by atoms with Gasteiger partial charge in [0.25, 0.3) is 5.91 Å². The molecule has 8 heteroatoms. The summed E-state index contributed by atoms with van der Waals surface area (Å²) in [6, 6.07) is 14.5. The Hall–Kier alpha value is -3.91. The first-order valence-electron chi connectivity index (χ1n) is 12.5. The predicted molar refractivity (Wildman–Crippen MR) is 145 cm³/mol. The molecule has 0 bridgehead atoms. The molecule has 0 aliphatic carbocycles. The van der Waals surface area contributed by atoms with Gasteiger partial charge in [-0.25, -0.2) is 9.97 Å². The summed E-state index contributed by atoms with van der Waals surface area (Å²) >= 11 is 0. The molecule has 1 amide bonds. The van der Waals surface area contributed by atoms with Crippen LogP contribution in [0.1, 0.15) is 50.9 Å². The van der Waals surface area contributed by atoms with Crippen molar-refractivity contribution >= 4 is 16.9 Å². The third-order valence-corrected chi connectivity index (χ3v) is 6.80. The van der Waals surface area contributed by atoms with Gasteiger partial charge in [-0.1, -0.05) is 6.07 Å². The molecule has 1 aliphatic heterocycles. The third-order valence-electron chi connectivity index (χ3n) is 6.80. The van der Waals surface area contributed by atoms with E-state index in [2.05, 4.69) is 53.3 Å². The van der Waals surface area contributed by atoms with E-state index in [1.165, 1.54) is 0 Å². The summed E-state index contributed by atoms with van der Waals surface area (Å²) in [4.78, 5) is 25.4. The maximum Gasteiger partial charge on any atom is 0.251 e. The van der Waals surface area contributed by atoms with Crippen LogP contribution in [0.2, 0.25) is 0 Å². The minimum atomic E-state index is -0.106. The molecule has 1 fully saturated rings. The summed E-state index contributed by atoms with van der Waals surface area (Å²) in [5, 5.41) is 17.5. The molecule has 0 spiro atoms. The molecular formula is C29H33N5O3. The zero-order valence-electron chi connectivity index (χ0n) is 21.8. The van der Waals surface area contributed by atoms with E-state index in [1.54, 1.807) is 25.4 Å². The number of imidazole rings is 1. The van der Waals surface area contributed by atoms with Gasteiger partial charge in [0, 0.05) is 34.4 Å². The van der Waals surface area contributed by atoms with Crippen molar-refractivity contribution < 1.29 is 14.6 Å². The number of hydrogen-bond donors (Lipinski definition) is 4. The first kappa shape index (κ1) is 24.8. The number of carbonyl (C=O) groups excluding carboxylic acids is 1. The summed E-state index contributed by atoms with van der Waals surface area (Å²) in [6.07, 6.45) is 3.38. The number of nitrogens with one attached hydrogen (secondary N) is 3. The molecule has 2 aromatic heterocycles. The van der Waals surface area contributed by atoms with Gasteiger partial charge in [0.15, 0.2) is 0 Å². The van der Waals surface area contributed by atoms with E-state index in [9.17, 15) is 9.90 Å². The monoisotopic (exact) mass is 499 g/mol. The summed E-state index contributed by atoms with van der Waals surface area (Å²) in [5.41, 5.74) is 4.07. The van der Waals surface area contributed by atoms with Crippen LogP contribution >= 0.6 is 0 Å². The van der Waals surface area contributed by atoms with E-state index in [1.807, 2.05) is 36.4 Å². The molecule has 4 aromatic rings. The van der Waals surface area contributed by atoms with E-state index in [4.69, 9.17) is 4.74 Å². The van der Waals surface area contributed by atoms with Gasteiger partial charge in [-0.3, -0.25) is 4.79 Å². The molecule has 0 unspecified atom stereocenters. The number of piperidine rings is 1. The van der Waals surface area contributed by atoms with Crippen molar-refractivity contribution in [3.63, 3.8) is 0 Å². The van der Waals surface area contributed by atoms with Crippen LogP contribution < -0.4 is 15.4 Å². The number of H-pyrrole nitrogens is 1. The maximum absolute atomic E-state index is 13.1. The van der Waals surface area contributed by atoms with E-state index in [0.717, 1.165) is 29.5 Å². The highest BCUT2D eigenvalue weighted by molar-refractivity contribution is 5.98. The van der Waals surface area contributed by atoms with Crippen LogP contribution in [0.25, 0.3) is 33.5 Å². The Kier molecular flexibility index (Phi) is 6.15. The van der Waals surface area contributed by atoms with E-state index >= 15 is 0 Å². The molecule has 1 saturated heterocycles. The minimum absolute atomic E-state index is 0.0572. The Morgan fingerprint density at radius 3 is 2.54 bits per heavy atom. The molecule has 3 heterocycles. The fourth-order valence-electron chi connectivity index (χ4n) is 5.64. The van der Waals surface area contributed by atoms with Crippen molar-refractivity contribution in [2.75, 3.05) is 7.11 Å². The smallest absolute Gasteiger partial charge is 0.251 e. The van der Waals surface area contributed by atoms with Gasteiger partial charge in [-0.05, 0) is 88.6 Å². The van der Waals surface area contributed by atoms with Crippen molar-refractivity contribution in [3.8, 4) is 34.1 Å². The fourth-order valence-corrected chi connectivity index (χ4v) is 5.64. The average molecular weight is 500 g/mol. The largest absolute Gasteiger partial charge is 0.507 e. The number of phenols is 1. The molecule has 8 nitrogen and oxygen atoms in total. The Bertz CT molecular complexity index is 1460. The lowest BCUT2D eigenvalue weighted by molar-refractivity contribution is 0.0873. The molecule has 37 heavy (non-hydrogen) atoms. The number of nitrogens with zero attached hydrogens (tertiary/aromatic N) is 2. The van der Waals surface area contributed by atoms with Crippen molar-refractivity contribution in [2.45, 2.75) is 57.7 Å². The normalized spacial score (nSPS) is 17.0. The number of methoxy groups -OCH3 is 1. The zero-order valence-corrected chi connectivity index (χ0v) is 21.8. The number of ether oxygens (including phenoxy) is 1. The highest BCUT2D eigenvalue weighted by atomic mass is 16.5. The standard InChI is InChI=1S/C29H33N5O3/c1-28(2)15-19(16-29(3,4)34-28)31-26(36)18-8-10-22-23(14-18)33-25(32-22)21-13-17(9-11-24(21)35)20-7-6-12-30-27(20)37-5/h6-14,19,34-35H,15-16H2,1-5H3,(H,31,36)(H,32,33). The molecule has 0 radical (unpaired) electrons. The number of phenolic OH excluding ortho intramolecular Hbond substituents is 1. The average Bonchev–Trinajstić information content (AvgIpc) is 3.25. The number of benzene rings is 2. The summed E-state index contributed by atoms with van der Waals surface area (Å²) in [6.45, 7) is 8.67. The van der Waals surface area contributed by atoms with Gasteiger partial charge in [0.1, 0.15) is 11.6 Å². The maximum atomic E-state index is 13.1. The summed E-state index contributed by atoms with van der Waals surface area (Å²) in [7, 11) is 1.58. The minimum Gasteiger partial charge on any atom is -0.507 e. The van der Waals surface area contributed by atoms with Crippen LogP contribution in [0, 0.1) is 0 Å². The first-order chi connectivity index (χ1) is 17.5. The highest BCUT2D eigenvalue weighted by Crippen LogP contribution is 2.36. The lowest BCUT2D eigenvalue weighted by Crippen LogP contribution is -2.62. The first-order valence-corrected chi connectivity index (χ1v) is 12.5. The number of aromatic nitrogens is 3. The van der Waals surface area contributed by atoms with E-state index < -0.39 is 0 Å². The molecule has 0 saturated carbocycles. The van der Waals surface area contributed by atoms with E-state index in [0.29, 0.717) is 28.3 Å². The van der Waals surface area contributed by atoms with Gasteiger partial charge >= 0.3 is 0 Å². The van der Waals surface area contributed by atoms with Gasteiger partial charge < -0.3 is 25.5 Å². The molecule has 5 rings (SSSR count). The summed E-state index contributed by atoms with van der Waals surface area (Å²) in [5.74, 6) is 1.00. The number of fused-ring (bicyclic) bond motifs is 1. The van der Waals surface area contributed by atoms with Crippen molar-refractivity contribution in [2.24, 2.45) is 0 Å². The highest BCUT2D eigenvalue weighted by Gasteiger charge is 2.38. The van der Waals surface area contributed by atoms with Gasteiger partial charge in [-0.15, -0.1) is 0 Å². The van der Waals surface area contributed by atoms with Crippen molar-refractivity contribution in [1.82, 2.24) is 25.6 Å². The Labute approximate surface area is 216 Å². The third kappa shape index (κ3) is 5.15. The fraction of sp³-hybridized carbons (Fsp3) is 0.345. The molecule has 1 aliphatic rings. The number of carbonyl (C=O) groups is 1. The molecule has 2 aromatic carbocycles. The van der Waals surface area contributed by atoms with Gasteiger partial charge in [-0.2, -0.15) is 0 Å². The Balaban J connectivity index is 1.42. The topological polar surface area (TPSA) is 112 Å². The van der Waals surface area contributed by atoms with Crippen LogP contribution in [-0.2, 0) is 0 Å². The molecule has 0 atom stereocenters. The van der Waals surface area contributed by atoms with Crippen LogP contribution in [-0.4, -0.2) is 50.2 Å². The second-order valence-electron chi connectivity index (χ2n) is 11.1. The Morgan fingerprint density at radius 2 is 1.81 bits per heavy atom. The quantitative estimate of drug-likeness (QED) is 0.306. The van der Waals surface area contributed by atoms with Crippen molar-refractivity contribution in [1.29, 1.82) is 0 Å². The molecule has 4 N–H and O–H groups in total. The second-order valence-corrected chi connectivity index (χ2v) is 11.1. The van der Waals surface area contributed by atoms with Crippen molar-refractivity contribution in [3.05, 3.63) is 60.3 Å². The number of hydrogen-bond acceptors (Lipinski definition) is 6. The lowest BCUT2D eigenvalue weighted by Gasteiger charge is -2.46. The zero-order chi connectivity index (χ0) is 26.4. The van der Waals surface area contributed by atoms with Crippen LogP contribution in [0.4, 0.5) is 0 Å². The predicted octanol–water partition coefficient (Wildman–Crippen LogP) is 5.05. The van der Waals surface area contributed by atoms with Crippen LogP contribution in [0.15, 0.2) is 54.7 Å². The van der Waals surface area contributed by atoms with Crippen LogP contribution in [0.5, 0.6) is 11.6 Å². The number of rotatable bonds is 5. The number of pyridine rings is 1. The number of aromatic amines is 1. The molecular weight excluding hydrogens is 466 g/mol.